The molecule has 3 rings (SSSR count). The number of amides is 1. The minimum atomic E-state index is -0.135. The molecule has 1 atom stereocenters. The second-order valence-electron chi connectivity index (χ2n) is 5.38. The molecule has 0 spiro atoms. The molecule has 1 unspecified atom stereocenters. The van der Waals surface area contributed by atoms with Crippen molar-refractivity contribution in [2.75, 3.05) is 18.0 Å². The molecule has 1 N–H and O–H groups in total. The van der Waals surface area contributed by atoms with Crippen LogP contribution >= 0.6 is 15.9 Å². The van der Waals surface area contributed by atoms with Gasteiger partial charge in [-0.2, -0.15) is 0 Å². The van der Waals surface area contributed by atoms with E-state index in [1.165, 1.54) is 0 Å². The van der Waals surface area contributed by atoms with Gasteiger partial charge in [-0.25, -0.2) is 15.0 Å². The van der Waals surface area contributed by atoms with E-state index >= 15 is 0 Å². The van der Waals surface area contributed by atoms with Crippen LogP contribution in [0, 0.1) is 0 Å². The first-order chi connectivity index (χ1) is 10.6. The van der Waals surface area contributed by atoms with Crippen LogP contribution in [0.15, 0.2) is 29.4 Å². The van der Waals surface area contributed by atoms with E-state index in [0.717, 1.165) is 23.9 Å². The summed E-state index contributed by atoms with van der Waals surface area (Å²) in [5.74, 6) is 0.559. The lowest BCUT2D eigenvalue weighted by molar-refractivity contribution is 0.0928. The van der Waals surface area contributed by atoms with Gasteiger partial charge in [0.2, 0.25) is 5.95 Å². The number of anilines is 1. The molecule has 1 aliphatic rings. The van der Waals surface area contributed by atoms with Crippen LogP contribution in [0.1, 0.15) is 23.3 Å². The predicted molar refractivity (Wildman–Crippen MR) is 85.6 cm³/mol. The topological polar surface area (TPSA) is 75.9 Å². The van der Waals surface area contributed by atoms with Crippen molar-refractivity contribution in [2.45, 2.75) is 18.9 Å². The monoisotopic (exact) mass is 364 g/mol. The molecule has 0 saturated carbocycles. The highest BCUT2D eigenvalue weighted by Crippen LogP contribution is 2.17. The van der Waals surface area contributed by atoms with Gasteiger partial charge in [-0.1, -0.05) is 0 Å². The number of carbonyl (C=O) groups excluding carboxylic acids is 1. The van der Waals surface area contributed by atoms with Crippen LogP contribution in [0.25, 0.3) is 0 Å². The Labute approximate surface area is 136 Å². The van der Waals surface area contributed by atoms with Gasteiger partial charge in [-0.05, 0) is 28.8 Å². The highest BCUT2D eigenvalue weighted by molar-refractivity contribution is 9.10. The molecule has 0 aliphatic carbocycles. The first-order valence-electron chi connectivity index (χ1n) is 7.13. The molecule has 1 aliphatic heterocycles. The fourth-order valence-corrected chi connectivity index (χ4v) is 2.74. The molecule has 7 nitrogen and oxygen atoms in total. The Balaban J connectivity index is 1.63. The third kappa shape index (κ3) is 3.44. The molecule has 0 bridgehead atoms. The van der Waals surface area contributed by atoms with Crippen molar-refractivity contribution >= 4 is 27.8 Å². The predicted octanol–water partition coefficient (Wildman–Crippen LogP) is 1.37. The summed E-state index contributed by atoms with van der Waals surface area (Å²) >= 11 is 3.33. The second kappa shape index (κ2) is 6.43. The maximum Gasteiger partial charge on any atom is 0.271 e. The number of nitrogens with one attached hydrogen (secondary N) is 1. The molecular weight excluding hydrogens is 348 g/mol. The van der Waals surface area contributed by atoms with E-state index < -0.39 is 0 Å². The van der Waals surface area contributed by atoms with Crippen LogP contribution in [0.5, 0.6) is 0 Å². The zero-order valence-electron chi connectivity index (χ0n) is 12.2. The lowest BCUT2D eigenvalue weighted by Gasteiger charge is -2.32. The maximum absolute atomic E-state index is 12.2. The number of aryl methyl sites for hydroxylation is 1. The summed E-state index contributed by atoms with van der Waals surface area (Å²) in [7, 11) is 1.84. The van der Waals surface area contributed by atoms with Gasteiger partial charge in [-0.3, -0.25) is 4.79 Å². The Morgan fingerprint density at radius 2 is 2.14 bits per heavy atom. The Bertz CT molecular complexity index is 656. The van der Waals surface area contributed by atoms with Gasteiger partial charge >= 0.3 is 0 Å². The van der Waals surface area contributed by atoms with Crippen molar-refractivity contribution in [3.8, 4) is 0 Å². The van der Waals surface area contributed by atoms with Crippen molar-refractivity contribution in [3.63, 3.8) is 0 Å². The van der Waals surface area contributed by atoms with Crippen molar-refractivity contribution in [1.29, 1.82) is 0 Å². The zero-order chi connectivity index (χ0) is 15.5. The first kappa shape index (κ1) is 15.0. The lowest BCUT2D eigenvalue weighted by atomic mass is 10.1. The van der Waals surface area contributed by atoms with Gasteiger partial charge in [-0.15, -0.1) is 0 Å². The zero-order valence-corrected chi connectivity index (χ0v) is 13.8. The second-order valence-corrected chi connectivity index (χ2v) is 6.30. The van der Waals surface area contributed by atoms with Gasteiger partial charge in [0.15, 0.2) is 0 Å². The van der Waals surface area contributed by atoms with E-state index in [2.05, 4.69) is 41.1 Å². The van der Waals surface area contributed by atoms with Gasteiger partial charge in [0.05, 0.1) is 10.8 Å². The van der Waals surface area contributed by atoms with E-state index in [9.17, 15) is 4.79 Å². The Kier molecular flexibility index (Phi) is 4.37. The van der Waals surface area contributed by atoms with Crippen LogP contribution in [0.4, 0.5) is 5.95 Å². The largest absolute Gasteiger partial charge is 0.346 e. The fourth-order valence-electron chi connectivity index (χ4n) is 2.53. The average molecular weight is 365 g/mol. The minimum absolute atomic E-state index is 0.0792. The van der Waals surface area contributed by atoms with E-state index in [-0.39, 0.29) is 11.9 Å². The third-order valence-electron chi connectivity index (χ3n) is 3.58. The van der Waals surface area contributed by atoms with Crippen molar-refractivity contribution in [1.82, 2.24) is 24.8 Å². The molecule has 2 aromatic rings. The summed E-state index contributed by atoms with van der Waals surface area (Å²) in [6.45, 7) is 1.61. The fraction of sp³-hybridized carbons (Fsp3) is 0.429. The molecule has 8 heteroatoms. The SMILES string of the molecule is Cn1cnc(C(=O)NC2CCCN(c3ncc(Br)cn3)C2)c1. The van der Waals surface area contributed by atoms with Gasteiger partial charge < -0.3 is 14.8 Å². The van der Waals surface area contributed by atoms with Crippen molar-refractivity contribution < 1.29 is 4.79 Å². The average Bonchev–Trinajstić information content (AvgIpc) is 2.95. The quantitative estimate of drug-likeness (QED) is 0.889. The summed E-state index contributed by atoms with van der Waals surface area (Å²) in [5.41, 5.74) is 0.444. The molecule has 0 radical (unpaired) electrons. The summed E-state index contributed by atoms with van der Waals surface area (Å²) < 4.78 is 2.62. The number of imidazole rings is 1. The normalized spacial score (nSPS) is 18.3. The number of nitrogens with zero attached hydrogens (tertiary/aromatic N) is 5. The molecule has 0 aromatic carbocycles. The van der Waals surface area contributed by atoms with Crippen LogP contribution in [-0.2, 0) is 7.05 Å². The highest BCUT2D eigenvalue weighted by atomic mass is 79.9. The molecule has 22 heavy (non-hydrogen) atoms. The molecule has 1 saturated heterocycles. The third-order valence-corrected chi connectivity index (χ3v) is 3.99. The Morgan fingerprint density at radius 3 is 2.82 bits per heavy atom. The first-order valence-corrected chi connectivity index (χ1v) is 7.92. The molecule has 2 aromatic heterocycles. The molecule has 116 valence electrons. The summed E-state index contributed by atoms with van der Waals surface area (Å²) in [4.78, 5) is 27.0. The van der Waals surface area contributed by atoms with E-state index in [1.807, 2.05) is 7.05 Å². The smallest absolute Gasteiger partial charge is 0.271 e. The summed E-state index contributed by atoms with van der Waals surface area (Å²) in [6.07, 6.45) is 8.75. The van der Waals surface area contributed by atoms with Gasteiger partial charge in [0.1, 0.15) is 5.69 Å². The van der Waals surface area contributed by atoms with E-state index in [0.29, 0.717) is 18.2 Å². The minimum Gasteiger partial charge on any atom is -0.346 e. The van der Waals surface area contributed by atoms with Gasteiger partial charge in [0, 0.05) is 44.8 Å². The number of piperidine rings is 1. The van der Waals surface area contributed by atoms with Crippen LogP contribution in [0.3, 0.4) is 0 Å². The molecule has 3 heterocycles. The molecule has 1 fully saturated rings. The maximum atomic E-state index is 12.2. The Morgan fingerprint density at radius 1 is 1.36 bits per heavy atom. The van der Waals surface area contributed by atoms with Crippen LogP contribution in [0.2, 0.25) is 0 Å². The summed E-state index contributed by atoms with van der Waals surface area (Å²) in [5, 5.41) is 3.04. The van der Waals surface area contributed by atoms with Crippen LogP contribution in [-0.4, -0.2) is 44.6 Å². The summed E-state index contributed by atoms with van der Waals surface area (Å²) in [6, 6.07) is 0.0792. The van der Waals surface area contributed by atoms with Crippen molar-refractivity contribution in [3.05, 3.63) is 35.1 Å². The molecule has 1 amide bonds. The number of carbonyl (C=O) groups is 1. The number of aromatic nitrogens is 4. The standard InChI is InChI=1S/C14H17BrN6O/c1-20-8-12(18-9-20)13(22)19-11-3-2-4-21(7-11)14-16-5-10(15)6-17-14/h5-6,8-9,11H,2-4,7H2,1H3,(H,19,22). The number of halogens is 1. The van der Waals surface area contributed by atoms with Gasteiger partial charge in [0.25, 0.3) is 5.91 Å². The number of rotatable bonds is 3. The van der Waals surface area contributed by atoms with E-state index in [1.54, 1.807) is 29.5 Å². The van der Waals surface area contributed by atoms with Crippen LogP contribution < -0.4 is 10.2 Å². The Hall–Kier alpha value is -1.96. The number of hydrogen-bond donors (Lipinski definition) is 1. The van der Waals surface area contributed by atoms with Crippen molar-refractivity contribution in [2.24, 2.45) is 7.05 Å². The van der Waals surface area contributed by atoms with E-state index in [4.69, 9.17) is 0 Å². The lowest BCUT2D eigenvalue weighted by Crippen LogP contribution is -2.48. The molecular formula is C14H17BrN6O. The highest BCUT2D eigenvalue weighted by Gasteiger charge is 2.24. The number of hydrogen-bond acceptors (Lipinski definition) is 5.